The molecule has 0 aliphatic rings. The molecule has 5 nitrogen and oxygen atoms in total. The predicted octanol–water partition coefficient (Wildman–Crippen LogP) is 4.45. The molecule has 2 rings (SSSR count). The van der Waals surface area contributed by atoms with Crippen LogP contribution in [-0.2, 0) is 11.3 Å². The molecule has 142 valence electrons. The van der Waals surface area contributed by atoms with Crippen molar-refractivity contribution in [3.8, 4) is 17.6 Å². The van der Waals surface area contributed by atoms with Gasteiger partial charge in [-0.1, -0.05) is 37.6 Å². The standard InChI is InChI=1S/C21H23ClN2O3/c1-15(2)16-3-6-19(7-4-16)26-11-12-27-20-8-5-18(22)13-17(20)14-24-21(25)9-10-23/h3-8,13,15H,9,11-12,14H2,1-2H3,(H,24,25). The maximum atomic E-state index is 11.5. The van der Waals surface area contributed by atoms with E-state index < -0.39 is 0 Å². The maximum Gasteiger partial charge on any atom is 0.234 e. The van der Waals surface area contributed by atoms with Crippen molar-refractivity contribution in [1.82, 2.24) is 5.32 Å². The van der Waals surface area contributed by atoms with Gasteiger partial charge in [-0.15, -0.1) is 0 Å². The van der Waals surface area contributed by atoms with Gasteiger partial charge in [0, 0.05) is 17.1 Å². The molecule has 2 aromatic carbocycles. The zero-order valence-corrected chi connectivity index (χ0v) is 16.3. The van der Waals surface area contributed by atoms with Crippen LogP contribution in [0.2, 0.25) is 5.02 Å². The Balaban J connectivity index is 1.86. The lowest BCUT2D eigenvalue weighted by molar-refractivity contribution is -0.120. The fourth-order valence-corrected chi connectivity index (χ4v) is 2.61. The molecule has 1 amide bonds. The van der Waals surface area contributed by atoms with E-state index >= 15 is 0 Å². The molecule has 0 aliphatic heterocycles. The van der Waals surface area contributed by atoms with Gasteiger partial charge in [0.15, 0.2) is 0 Å². The van der Waals surface area contributed by atoms with Crippen molar-refractivity contribution in [2.75, 3.05) is 13.2 Å². The van der Waals surface area contributed by atoms with E-state index in [-0.39, 0.29) is 18.9 Å². The minimum absolute atomic E-state index is 0.180. The second kappa shape index (κ2) is 10.4. The maximum absolute atomic E-state index is 11.5. The van der Waals surface area contributed by atoms with Gasteiger partial charge in [0.1, 0.15) is 31.1 Å². The molecule has 0 bridgehead atoms. The third-order valence-electron chi connectivity index (χ3n) is 3.89. The lowest BCUT2D eigenvalue weighted by Crippen LogP contribution is -2.22. The van der Waals surface area contributed by atoms with Crippen LogP contribution in [0.3, 0.4) is 0 Å². The van der Waals surface area contributed by atoms with E-state index in [0.717, 1.165) is 11.3 Å². The third-order valence-corrected chi connectivity index (χ3v) is 4.13. The Morgan fingerprint density at radius 2 is 1.85 bits per heavy atom. The summed E-state index contributed by atoms with van der Waals surface area (Å²) in [6.07, 6.45) is -0.180. The second-order valence-electron chi connectivity index (χ2n) is 6.28. The lowest BCUT2D eigenvalue weighted by atomic mass is 10.0. The molecule has 0 aliphatic carbocycles. The minimum atomic E-state index is -0.336. The highest BCUT2D eigenvalue weighted by Gasteiger charge is 2.08. The van der Waals surface area contributed by atoms with Gasteiger partial charge in [-0.05, 0) is 41.8 Å². The first-order chi connectivity index (χ1) is 13.0. The van der Waals surface area contributed by atoms with Gasteiger partial charge < -0.3 is 14.8 Å². The van der Waals surface area contributed by atoms with E-state index in [1.807, 2.05) is 18.2 Å². The Labute approximate surface area is 164 Å². The molecule has 2 aromatic rings. The summed E-state index contributed by atoms with van der Waals surface area (Å²) >= 11 is 6.02. The number of nitrogens with one attached hydrogen (secondary N) is 1. The molecular weight excluding hydrogens is 364 g/mol. The fourth-order valence-electron chi connectivity index (χ4n) is 2.42. The van der Waals surface area contributed by atoms with E-state index in [0.29, 0.717) is 29.9 Å². The quantitative estimate of drug-likeness (QED) is 0.646. The number of rotatable bonds is 9. The number of hydrogen-bond acceptors (Lipinski definition) is 4. The highest BCUT2D eigenvalue weighted by molar-refractivity contribution is 6.30. The monoisotopic (exact) mass is 386 g/mol. The molecule has 0 saturated carbocycles. The van der Waals surface area contributed by atoms with Crippen molar-refractivity contribution in [3.63, 3.8) is 0 Å². The lowest BCUT2D eigenvalue weighted by Gasteiger charge is -2.13. The Morgan fingerprint density at radius 3 is 2.52 bits per heavy atom. The highest BCUT2D eigenvalue weighted by Crippen LogP contribution is 2.23. The number of carbonyl (C=O) groups excluding carboxylic acids is 1. The van der Waals surface area contributed by atoms with Crippen molar-refractivity contribution in [3.05, 3.63) is 58.6 Å². The molecular formula is C21H23ClN2O3. The van der Waals surface area contributed by atoms with Crippen LogP contribution in [0.25, 0.3) is 0 Å². The van der Waals surface area contributed by atoms with Gasteiger partial charge in [-0.3, -0.25) is 4.79 Å². The fraction of sp³-hybridized carbons (Fsp3) is 0.333. The van der Waals surface area contributed by atoms with Crippen molar-refractivity contribution in [2.24, 2.45) is 0 Å². The van der Waals surface area contributed by atoms with Gasteiger partial charge in [0.05, 0.1) is 6.07 Å². The average molecular weight is 387 g/mol. The summed E-state index contributed by atoms with van der Waals surface area (Å²) < 4.78 is 11.5. The number of nitriles is 1. The Hall–Kier alpha value is -2.71. The average Bonchev–Trinajstić information content (AvgIpc) is 2.65. The summed E-state index contributed by atoms with van der Waals surface area (Å²) in [6, 6.07) is 15.0. The van der Waals surface area contributed by atoms with Crippen molar-refractivity contribution < 1.29 is 14.3 Å². The first kappa shape index (κ1) is 20.6. The molecule has 6 heteroatoms. The van der Waals surface area contributed by atoms with Crippen LogP contribution in [0.4, 0.5) is 0 Å². The number of carbonyl (C=O) groups is 1. The van der Waals surface area contributed by atoms with Crippen molar-refractivity contribution in [1.29, 1.82) is 5.26 Å². The normalized spacial score (nSPS) is 10.3. The van der Waals surface area contributed by atoms with Gasteiger partial charge in [0.25, 0.3) is 0 Å². The summed E-state index contributed by atoms with van der Waals surface area (Å²) in [5.41, 5.74) is 2.01. The highest BCUT2D eigenvalue weighted by atomic mass is 35.5. The molecule has 0 unspecified atom stereocenters. The van der Waals surface area contributed by atoms with Crippen LogP contribution >= 0.6 is 11.6 Å². The SMILES string of the molecule is CC(C)c1ccc(OCCOc2ccc(Cl)cc2CNC(=O)CC#N)cc1. The number of amides is 1. The second-order valence-corrected chi connectivity index (χ2v) is 6.72. The molecule has 1 N–H and O–H groups in total. The third kappa shape index (κ3) is 6.84. The molecule has 0 atom stereocenters. The Bertz CT molecular complexity index is 798. The van der Waals surface area contributed by atoms with Gasteiger partial charge in [-0.25, -0.2) is 0 Å². The summed E-state index contributed by atoms with van der Waals surface area (Å²) in [7, 11) is 0. The predicted molar refractivity (Wildman–Crippen MR) is 105 cm³/mol. The summed E-state index contributed by atoms with van der Waals surface area (Å²) in [6.45, 7) is 5.29. The van der Waals surface area contributed by atoms with E-state index in [1.54, 1.807) is 18.2 Å². The smallest absolute Gasteiger partial charge is 0.234 e. The van der Waals surface area contributed by atoms with Crippen molar-refractivity contribution in [2.45, 2.75) is 32.7 Å². The summed E-state index contributed by atoms with van der Waals surface area (Å²) in [4.78, 5) is 11.5. The zero-order valence-electron chi connectivity index (χ0n) is 15.5. The Morgan fingerprint density at radius 1 is 1.15 bits per heavy atom. The first-order valence-corrected chi connectivity index (χ1v) is 9.15. The zero-order chi connectivity index (χ0) is 19.6. The first-order valence-electron chi connectivity index (χ1n) is 8.77. The van der Waals surface area contributed by atoms with Crippen LogP contribution < -0.4 is 14.8 Å². The Kier molecular flexibility index (Phi) is 7.97. The summed E-state index contributed by atoms with van der Waals surface area (Å²) in [5.74, 6) is 1.56. The molecule has 0 fully saturated rings. The molecule has 0 aromatic heterocycles. The van der Waals surface area contributed by atoms with Crippen LogP contribution in [0.5, 0.6) is 11.5 Å². The number of nitrogens with zero attached hydrogens (tertiary/aromatic N) is 1. The molecule has 0 heterocycles. The van der Waals surface area contributed by atoms with Crippen LogP contribution in [0.15, 0.2) is 42.5 Å². The van der Waals surface area contributed by atoms with E-state index in [1.165, 1.54) is 5.56 Å². The molecule has 0 saturated heterocycles. The number of halogens is 1. The van der Waals surface area contributed by atoms with Gasteiger partial charge >= 0.3 is 0 Å². The molecule has 0 radical (unpaired) electrons. The number of benzene rings is 2. The number of ether oxygens (including phenoxy) is 2. The van der Waals surface area contributed by atoms with Crippen LogP contribution in [-0.4, -0.2) is 19.1 Å². The van der Waals surface area contributed by atoms with Crippen molar-refractivity contribution >= 4 is 17.5 Å². The topological polar surface area (TPSA) is 71.3 Å². The minimum Gasteiger partial charge on any atom is -0.490 e. The molecule has 27 heavy (non-hydrogen) atoms. The largest absolute Gasteiger partial charge is 0.490 e. The van der Waals surface area contributed by atoms with Gasteiger partial charge in [0.2, 0.25) is 5.91 Å². The summed E-state index contributed by atoms with van der Waals surface area (Å²) in [5, 5.41) is 11.8. The number of hydrogen-bond donors (Lipinski definition) is 1. The molecule has 0 spiro atoms. The van der Waals surface area contributed by atoms with E-state index in [2.05, 4.69) is 31.3 Å². The van der Waals surface area contributed by atoms with E-state index in [4.69, 9.17) is 26.3 Å². The van der Waals surface area contributed by atoms with Gasteiger partial charge in [-0.2, -0.15) is 5.26 Å². The van der Waals surface area contributed by atoms with Crippen LogP contribution in [0.1, 0.15) is 37.3 Å². The van der Waals surface area contributed by atoms with Crippen LogP contribution in [0, 0.1) is 11.3 Å². The van der Waals surface area contributed by atoms with E-state index in [9.17, 15) is 4.79 Å².